The number of allylic oxidation sites excluding steroid dienone is 8. The lowest BCUT2D eigenvalue weighted by Crippen LogP contribution is -2.39. The summed E-state index contributed by atoms with van der Waals surface area (Å²) in [7, 11) is 0. The molecule has 0 aromatic heterocycles. The van der Waals surface area contributed by atoms with E-state index in [1.54, 1.807) is 0 Å². The Morgan fingerprint density at radius 1 is 0.407 bits per heavy atom. The Bertz CT molecular complexity index is 939. The largest absolute Gasteiger partial charge is 0.388 e. The van der Waals surface area contributed by atoms with E-state index in [0.717, 1.165) is 43.4 Å². The lowest BCUT2D eigenvalue weighted by molar-refractivity contribution is -0.0442. The highest BCUT2D eigenvalue weighted by Gasteiger charge is 2.24. The van der Waals surface area contributed by atoms with E-state index in [9.17, 15) is 5.11 Å². The first kappa shape index (κ1) is 57.9. The van der Waals surface area contributed by atoms with Crippen LogP contribution in [0.15, 0.2) is 48.6 Å². The molecule has 0 rings (SSSR count). The molecule has 4 heteroatoms. The van der Waals surface area contributed by atoms with Crippen LogP contribution in [0.3, 0.4) is 0 Å². The average molecular weight is 843 g/mol. The minimum Gasteiger partial charge on any atom is -0.388 e. The van der Waals surface area contributed by atoms with Crippen LogP contribution in [0.25, 0.3) is 0 Å². The number of hydrogen-bond donors (Lipinski definition) is 1. The van der Waals surface area contributed by atoms with Gasteiger partial charge in [-0.25, -0.2) is 0 Å². The molecule has 0 aromatic carbocycles. The molecule has 0 bridgehead atoms. The fourth-order valence-electron chi connectivity index (χ4n) is 7.66. The zero-order chi connectivity index (χ0) is 42.8. The average Bonchev–Trinajstić information content (AvgIpc) is 3.24. The van der Waals surface area contributed by atoms with Crippen LogP contribution in [0.5, 0.6) is 0 Å². The molecule has 1 N–H and O–H groups in total. The molecule has 0 amide bonds. The van der Waals surface area contributed by atoms with Crippen LogP contribution in [-0.4, -0.2) is 42.0 Å². The van der Waals surface area contributed by atoms with Crippen molar-refractivity contribution in [2.24, 2.45) is 0 Å². The highest BCUT2D eigenvalue weighted by atomic mass is 32.1. The summed E-state index contributed by atoms with van der Waals surface area (Å²) in [6, 6.07) is 0. The van der Waals surface area contributed by atoms with E-state index in [-0.39, 0.29) is 0 Å². The zero-order valence-electron chi connectivity index (χ0n) is 39.9. The van der Waals surface area contributed by atoms with Crippen LogP contribution < -0.4 is 0 Å². The normalized spacial score (nSPS) is 13.3. The SMILES string of the molecule is CCCCC/C=C\C/C=C\CCCCCCCCOCC(O)C(OCCCCCCCC/C=C\C/C=C\CCCCC)C(=S)CCCCCCCCCCCCCCC. The lowest BCUT2D eigenvalue weighted by atomic mass is 10.0. The van der Waals surface area contributed by atoms with Crippen LogP contribution >= 0.6 is 12.2 Å². The third-order valence-corrected chi connectivity index (χ3v) is 12.1. The number of aliphatic hydroxyl groups excluding tert-OH is 1. The summed E-state index contributed by atoms with van der Waals surface area (Å²) in [6.07, 6.45) is 65.7. The van der Waals surface area contributed by atoms with Gasteiger partial charge in [0, 0.05) is 18.1 Å². The van der Waals surface area contributed by atoms with Crippen molar-refractivity contribution in [1.29, 1.82) is 0 Å². The molecule has 2 unspecified atom stereocenters. The molecular formula is C55H102O3S. The number of hydrogen-bond acceptors (Lipinski definition) is 4. The predicted octanol–water partition coefficient (Wildman–Crippen LogP) is 18.2. The Hall–Kier alpha value is -1.07. The van der Waals surface area contributed by atoms with E-state index < -0.39 is 12.2 Å². The second-order valence-corrected chi connectivity index (χ2v) is 18.1. The number of unbranched alkanes of at least 4 members (excludes halogenated alkanes) is 30. The molecule has 0 radical (unpaired) electrons. The van der Waals surface area contributed by atoms with Gasteiger partial charge in [-0.2, -0.15) is 0 Å². The monoisotopic (exact) mass is 843 g/mol. The lowest BCUT2D eigenvalue weighted by Gasteiger charge is -2.24. The molecule has 0 saturated carbocycles. The van der Waals surface area contributed by atoms with Gasteiger partial charge in [-0.15, -0.1) is 0 Å². The zero-order valence-corrected chi connectivity index (χ0v) is 40.8. The first-order valence-electron chi connectivity index (χ1n) is 26.2. The van der Waals surface area contributed by atoms with E-state index in [1.807, 2.05) is 0 Å². The first-order valence-corrected chi connectivity index (χ1v) is 26.6. The second-order valence-electron chi connectivity index (χ2n) is 17.6. The van der Waals surface area contributed by atoms with Crippen molar-refractivity contribution < 1.29 is 14.6 Å². The molecule has 0 spiro atoms. The van der Waals surface area contributed by atoms with E-state index in [0.29, 0.717) is 19.8 Å². The Balaban J connectivity index is 4.29. The fraction of sp³-hybridized carbons (Fsp3) is 0.836. The van der Waals surface area contributed by atoms with Crippen molar-refractivity contribution in [3.63, 3.8) is 0 Å². The summed E-state index contributed by atoms with van der Waals surface area (Å²) >= 11 is 5.92. The number of aliphatic hydroxyl groups is 1. The van der Waals surface area contributed by atoms with Gasteiger partial charge in [0.1, 0.15) is 12.2 Å². The van der Waals surface area contributed by atoms with E-state index in [4.69, 9.17) is 21.7 Å². The summed E-state index contributed by atoms with van der Waals surface area (Å²) in [5.41, 5.74) is 0. The summed E-state index contributed by atoms with van der Waals surface area (Å²) in [5.74, 6) is 0. The summed E-state index contributed by atoms with van der Waals surface area (Å²) in [4.78, 5) is 0.887. The van der Waals surface area contributed by atoms with Gasteiger partial charge in [0.2, 0.25) is 0 Å². The van der Waals surface area contributed by atoms with Gasteiger partial charge in [0.25, 0.3) is 0 Å². The Labute approximate surface area is 375 Å². The van der Waals surface area contributed by atoms with Crippen LogP contribution in [-0.2, 0) is 9.47 Å². The molecule has 0 fully saturated rings. The van der Waals surface area contributed by atoms with Gasteiger partial charge in [-0.1, -0.05) is 236 Å². The molecule has 0 aromatic rings. The van der Waals surface area contributed by atoms with E-state index in [1.165, 1.54) is 205 Å². The molecule has 0 heterocycles. The Morgan fingerprint density at radius 2 is 0.729 bits per heavy atom. The molecule has 59 heavy (non-hydrogen) atoms. The second kappa shape index (κ2) is 51.3. The smallest absolute Gasteiger partial charge is 0.117 e. The predicted molar refractivity (Wildman–Crippen MR) is 268 cm³/mol. The van der Waals surface area contributed by atoms with Crippen LogP contribution in [0.2, 0.25) is 0 Å². The molecule has 3 nitrogen and oxygen atoms in total. The van der Waals surface area contributed by atoms with Crippen molar-refractivity contribution in [3.05, 3.63) is 48.6 Å². The van der Waals surface area contributed by atoms with Crippen molar-refractivity contribution in [2.75, 3.05) is 19.8 Å². The van der Waals surface area contributed by atoms with Crippen LogP contribution in [0.4, 0.5) is 0 Å². The van der Waals surface area contributed by atoms with Gasteiger partial charge in [-0.3, -0.25) is 0 Å². The fourth-order valence-corrected chi connectivity index (χ4v) is 8.03. The molecule has 0 aliphatic rings. The quantitative estimate of drug-likeness (QED) is 0.0376. The minimum absolute atomic E-state index is 0.313. The number of rotatable bonds is 49. The Morgan fingerprint density at radius 3 is 1.15 bits per heavy atom. The minimum atomic E-state index is -0.682. The highest BCUT2D eigenvalue weighted by molar-refractivity contribution is 7.80. The summed E-state index contributed by atoms with van der Waals surface area (Å²) in [6.45, 7) is 8.50. The molecule has 2 atom stereocenters. The van der Waals surface area contributed by atoms with E-state index >= 15 is 0 Å². The van der Waals surface area contributed by atoms with Gasteiger partial charge >= 0.3 is 0 Å². The summed E-state index contributed by atoms with van der Waals surface area (Å²) < 4.78 is 12.3. The van der Waals surface area contributed by atoms with Gasteiger partial charge in [0.15, 0.2) is 0 Å². The maximum absolute atomic E-state index is 11.2. The highest BCUT2D eigenvalue weighted by Crippen LogP contribution is 2.17. The van der Waals surface area contributed by atoms with Crippen molar-refractivity contribution in [3.8, 4) is 0 Å². The van der Waals surface area contributed by atoms with Crippen molar-refractivity contribution in [1.82, 2.24) is 0 Å². The molecule has 0 aliphatic carbocycles. The van der Waals surface area contributed by atoms with Gasteiger partial charge in [0.05, 0.1) is 6.61 Å². The molecule has 0 saturated heterocycles. The van der Waals surface area contributed by atoms with Crippen LogP contribution in [0.1, 0.15) is 265 Å². The maximum Gasteiger partial charge on any atom is 0.117 e. The van der Waals surface area contributed by atoms with Gasteiger partial charge < -0.3 is 14.6 Å². The molecular weight excluding hydrogens is 741 g/mol. The molecule has 0 aliphatic heterocycles. The number of thiocarbonyl (C=S) groups is 1. The van der Waals surface area contributed by atoms with E-state index in [2.05, 4.69) is 69.4 Å². The summed E-state index contributed by atoms with van der Waals surface area (Å²) in [5, 5.41) is 11.2. The third kappa shape index (κ3) is 46.3. The van der Waals surface area contributed by atoms with Gasteiger partial charge in [-0.05, 0) is 89.9 Å². The van der Waals surface area contributed by atoms with Crippen LogP contribution in [0, 0.1) is 0 Å². The number of ether oxygens (including phenoxy) is 2. The maximum atomic E-state index is 11.2. The van der Waals surface area contributed by atoms with Crippen molar-refractivity contribution in [2.45, 2.75) is 277 Å². The third-order valence-electron chi connectivity index (χ3n) is 11.6. The first-order chi connectivity index (χ1) is 29.2. The Kier molecular flexibility index (Phi) is 50.4. The van der Waals surface area contributed by atoms with Crippen molar-refractivity contribution >= 4 is 17.1 Å². The molecule has 346 valence electrons. The standard InChI is InChI=1S/C55H102O3S/c1-4-7-10-13-16-19-22-25-27-29-32-35-38-41-44-47-50-57-52-53(56)55(54(59)49-46-43-40-37-34-31-24-21-18-15-12-9-6-3)58-51-48-45-42-39-36-33-30-28-26-23-20-17-14-11-8-5-2/h16-17,19-20,25-28,53,55-56H,4-15,18,21-24,29-52H2,1-3H3/b19-16-,20-17-,27-25-,28-26-. The topological polar surface area (TPSA) is 38.7 Å².